The van der Waals surface area contributed by atoms with Gasteiger partial charge in [0.2, 0.25) is 5.91 Å². The van der Waals surface area contributed by atoms with Crippen LogP contribution in [0.25, 0.3) is 0 Å². The zero-order valence-corrected chi connectivity index (χ0v) is 21.2. The molecule has 7 nitrogen and oxygen atoms in total. The van der Waals surface area contributed by atoms with Gasteiger partial charge in [0.1, 0.15) is 15.2 Å². The molecule has 2 aromatic heterocycles. The summed E-state index contributed by atoms with van der Waals surface area (Å²) in [5.74, 6) is 1.15. The lowest BCUT2D eigenvalue weighted by Gasteiger charge is -2.31. The summed E-state index contributed by atoms with van der Waals surface area (Å²) in [5.41, 5.74) is 1.30. The number of nitrogens with one attached hydrogen (secondary N) is 1. The molecule has 2 aromatic rings. The summed E-state index contributed by atoms with van der Waals surface area (Å²) in [5, 5.41) is 4.70. The van der Waals surface area contributed by atoms with Gasteiger partial charge in [-0.3, -0.25) is 14.5 Å². The molecule has 35 heavy (non-hydrogen) atoms. The third-order valence-electron chi connectivity index (χ3n) is 8.41. The van der Waals surface area contributed by atoms with Gasteiger partial charge in [0.25, 0.3) is 5.91 Å². The molecule has 0 saturated heterocycles. The number of fused-ring (bicyclic) bond motifs is 1. The number of nitrogens with zero attached hydrogens (tertiary/aromatic N) is 2. The predicted octanol–water partition coefficient (Wildman–Crippen LogP) is 5.33. The Morgan fingerprint density at radius 2 is 2.00 bits per heavy atom. The zero-order valence-electron chi connectivity index (χ0n) is 19.6. The van der Waals surface area contributed by atoms with Crippen molar-refractivity contribution in [2.75, 3.05) is 23.4 Å². The van der Waals surface area contributed by atoms with Gasteiger partial charge in [0, 0.05) is 18.3 Å². The molecular weight excluding hydrogens is 486 g/mol. The molecule has 0 aromatic carbocycles. The number of rotatable bonds is 5. The van der Waals surface area contributed by atoms with Gasteiger partial charge in [0.05, 0.1) is 23.1 Å². The van der Waals surface area contributed by atoms with Gasteiger partial charge in [-0.25, -0.2) is 9.78 Å². The number of carbonyl (C=O) groups excluding carboxylic acids is 3. The van der Waals surface area contributed by atoms with E-state index in [0.29, 0.717) is 63.4 Å². The maximum Gasteiger partial charge on any atom is 0.341 e. The molecule has 4 fully saturated rings. The van der Waals surface area contributed by atoms with Crippen LogP contribution >= 0.6 is 22.9 Å². The summed E-state index contributed by atoms with van der Waals surface area (Å²) < 4.78 is 5.39. The first-order chi connectivity index (χ1) is 16.9. The third kappa shape index (κ3) is 3.68. The van der Waals surface area contributed by atoms with E-state index in [0.717, 1.165) is 31.2 Å². The monoisotopic (exact) mass is 513 g/mol. The fourth-order valence-electron chi connectivity index (χ4n) is 7.17. The molecule has 2 atom stereocenters. The molecular formula is C26H28ClN3O4S. The van der Waals surface area contributed by atoms with E-state index in [1.54, 1.807) is 24.0 Å². The molecule has 2 amide bonds. The lowest BCUT2D eigenvalue weighted by Crippen LogP contribution is -2.37. The highest BCUT2D eigenvalue weighted by Crippen LogP contribution is 2.65. The molecule has 9 heteroatoms. The van der Waals surface area contributed by atoms with Crippen molar-refractivity contribution in [2.45, 2.75) is 51.9 Å². The molecule has 7 rings (SSSR count). The maximum absolute atomic E-state index is 13.7. The minimum absolute atomic E-state index is 0.0381. The average Bonchev–Trinajstić information content (AvgIpc) is 3.42. The number of hydrogen-bond acceptors (Lipinski definition) is 6. The van der Waals surface area contributed by atoms with Crippen LogP contribution in [0.4, 0.5) is 10.0 Å². The normalized spacial score (nSPS) is 28.2. The highest BCUT2D eigenvalue weighted by Gasteiger charge is 2.61. The second-order valence-electron chi connectivity index (χ2n) is 10.4. The second kappa shape index (κ2) is 8.59. The van der Waals surface area contributed by atoms with Gasteiger partial charge in [-0.05, 0) is 81.8 Å². The molecule has 3 heterocycles. The van der Waals surface area contributed by atoms with Gasteiger partial charge in [-0.15, -0.1) is 0 Å². The summed E-state index contributed by atoms with van der Waals surface area (Å²) in [6.07, 6.45) is 8.28. The number of aromatic nitrogens is 1. The number of amides is 2. The Morgan fingerprint density at radius 3 is 2.69 bits per heavy atom. The van der Waals surface area contributed by atoms with Crippen molar-refractivity contribution in [3.8, 4) is 0 Å². The van der Waals surface area contributed by atoms with E-state index >= 15 is 0 Å². The van der Waals surface area contributed by atoms with Crippen LogP contribution in [-0.2, 0) is 16.0 Å². The van der Waals surface area contributed by atoms with Crippen molar-refractivity contribution in [3.63, 3.8) is 0 Å². The Balaban J connectivity index is 1.35. The average molecular weight is 514 g/mol. The van der Waals surface area contributed by atoms with Crippen molar-refractivity contribution >= 4 is 50.7 Å². The topological polar surface area (TPSA) is 88.6 Å². The number of halogens is 1. The Labute approximate surface area is 213 Å². The van der Waals surface area contributed by atoms with Crippen LogP contribution in [-0.4, -0.2) is 35.9 Å². The molecule has 2 unspecified atom stereocenters. The van der Waals surface area contributed by atoms with E-state index in [2.05, 4.69) is 10.3 Å². The summed E-state index contributed by atoms with van der Waals surface area (Å²) >= 11 is 7.20. The number of ether oxygens (including phenoxy) is 1. The van der Waals surface area contributed by atoms with Crippen molar-refractivity contribution in [1.82, 2.24) is 4.98 Å². The van der Waals surface area contributed by atoms with Crippen LogP contribution in [0.5, 0.6) is 0 Å². The number of anilines is 2. The SMILES string of the molecule is CCOC(=O)c1c(NC(=O)C23CC4CC(CC2C4)C3)sc2c1CCCN2C(=O)c1ccc(Cl)nc1. The zero-order chi connectivity index (χ0) is 24.3. The molecule has 4 aliphatic carbocycles. The first-order valence-electron chi connectivity index (χ1n) is 12.5. The number of hydrogen-bond donors (Lipinski definition) is 1. The summed E-state index contributed by atoms with van der Waals surface area (Å²) in [6.45, 7) is 2.54. The van der Waals surface area contributed by atoms with E-state index in [1.807, 2.05) is 0 Å². The van der Waals surface area contributed by atoms with Crippen molar-refractivity contribution < 1.29 is 19.1 Å². The molecule has 1 N–H and O–H groups in total. The van der Waals surface area contributed by atoms with Gasteiger partial charge in [-0.1, -0.05) is 22.9 Å². The fraction of sp³-hybridized carbons (Fsp3) is 0.538. The van der Waals surface area contributed by atoms with E-state index in [9.17, 15) is 14.4 Å². The highest BCUT2D eigenvalue weighted by molar-refractivity contribution is 7.21. The minimum Gasteiger partial charge on any atom is -0.462 e. The number of carbonyl (C=O) groups is 3. The Morgan fingerprint density at radius 1 is 1.23 bits per heavy atom. The number of pyridine rings is 1. The van der Waals surface area contributed by atoms with Crippen LogP contribution in [0, 0.1) is 23.2 Å². The fourth-order valence-corrected chi connectivity index (χ4v) is 8.54. The standard InChI is InChI=1S/C26H28ClN3O4S/c1-2-34-24(32)20-18-4-3-7-30(22(31)16-5-6-19(27)28-13-16)23(18)35-21(20)29-25(33)26-11-14-8-15(12-26)10-17(26)9-14/h5-6,13-15,17H,2-4,7-12H2,1H3,(H,29,33). The third-order valence-corrected chi connectivity index (χ3v) is 9.80. The predicted molar refractivity (Wildman–Crippen MR) is 134 cm³/mol. The molecule has 4 saturated carbocycles. The summed E-state index contributed by atoms with van der Waals surface area (Å²) in [7, 11) is 0. The van der Waals surface area contributed by atoms with Crippen molar-refractivity contribution in [1.29, 1.82) is 0 Å². The van der Waals surface area contributed by atoms with Crippen molar-refractivity contribution in [2.24, 2.45) is 23.2 Å². The maximum atomic E-state index is 13.7. The summed E-state index contributed by atoms with van der Waals surface area (Å²) in [6, 6.07) is 3.24. The first kappa shape index (κ1) is 23.0. The smallest absolute Gasteiger partial charge is 0.341 e. The second-order valence-corrected chi connectivity index (χ2v) is 11.8. The van der Waals surface area contributed by atoms with Gasteiger partial charge < -0.3 is 10.1 Å². The van der Waals surface area contributed by atoms with Crippen LogP contribution < -0.4 is 10.2 Å². The first-order valence-corrected chi connectivity index (χ1v) is 13.7. The molecule has 1 aliphatic heterocycles. The minimum atomic E-state index is -0.447. The Hall–Kier alpha value is -2.45. The van der Waals surface area contributed by atoms with Crippen LogP contribution in [0.15, 0.2) is 18.3 Å². The molecule has 0 radical (unpaired) electrons. The van der Waals surface area contributed by atoms with Gasteiger partial charge in [-0.2, -0.15) is 0 Å². The lowest BCUT2D eigenvalue weighted by atomic mass is 9.75. The van der Waals surface area contributed by atoms with E-state index in [4.69, 9.17) is 16.3 Å². The van der Waals surface area contributed by atoms with Crippen LogP contribution in [0.2, 0.25) is 5.15 Å². The molecule has 0 spiro atoms. The van der Waals surface area contributed by atoms with E-state index in [1.165, 1.54) is 24.0 Å². The largest absolute Gasteiger partial charge is 0.462 e. The van der Waals surface area contributed by atoms with E-state index < -0.39 is 5.97 Å². The number of thiophene rings is 1. The molecule has 184 valence electrons. The van der Waals surface area contributed by atoms with Crippen LogP contribution in [0.3, 0.4) is 0 Å². The van der Waals surface area contributed by atoms with Crippen LogP contribution in [0.1, 0.15) is 71.7 Å². The highest BCUT2D eigenvalue weighted by atomic mass is 35.5. The van der Waals surface area contributed by atoms with Crippen molar-refractivity contribution in [3.05, 3.63) is 40.2 Å². The molecule has 4 bridgehead atoms. The summed E-state index contributed by atoms with van der Waals surface area (Å²) in [4.78, 5) is 45.9. The lowest BCUT2D eigenvalue weighted by molar-refractivity contribution is -0.127. The number of esters is 1. The van der Waals surface area contributed by atoms with E-state index in [-0.39, 0.29) is 23.8 Å². The van der Waals surface area contributed by atoms with Gasteiger partial charge in [0.15, 0.2) is 0 Å². The quantitative estimate of drug-likeness (QED) is 0.431. The van der Waals surface area contributed by atoms with Gasteiger partial charge >= 0.3 is 5.97 Å². The Bertz CT molecular complexity index is 1200. The molecule has 5 aliphatic rings. The Kier molecular flexibility index (Phi) is 5.64.